The van der Waals surface area contributed by atoms with Crippen LogP contribution in [0.3, 0.4) is 0 Å². The Morgan fingerprint density at radius 1 is 1.13 bits per heavy atom. The van der Waals surface area contributed by atoms with E-state index in [4.69, 9.17) is 9.57 Å². The summed E-state index contributed by atoms with van der Waals surface area (Å²) in [6, 6.07) is 13.4. The minimum absolute atomic E-state index is 0.167. The Morgan fingerprint density at radius 2 is 1.83 bits per heavy atom. The molecule has 0 atom stereocenters. The topological polar surface area (TPSA) is 59.9 Å². The van der Waals surface area contributed by atoms with E-state index in [1.807, 2.05) is 50.2 Å². The summed E-state index contributed by atoms with van der Waals surface area (Å²) in [5.41, 5.74) is 3.73. The first-order chi connectivity index (χ1) is 11.1. The van der Waals surface area contributed by atoms with Gasteiger partial charge in [-0.15, -0.1) is 0 Å². The van der Waals surface area contributed by atoms with Gasteiger partial charge in [-0.1, -0.05) is 41.1 Å². The van der Waals surface area contributed by atoms with Crippen LogP contribution in [0.5, 0.6) is 5.75 Å². The fourth-order valence-corrected chi connectivity index (χ4v) is 1.95. The number of ether oxygens (including phenoxy) is 1. The molecule has 0 saturated heterocycles. The summed E-state index contributed by atoms with van der Waals surface area (Å²) >= 11 is 0. The second kappa shape index (κ2) is 7.98. The summed E-state index contributed by atoms with van der Waals surface area (Å²) in [5.74, 6) is 0.307. The number of benzene rings is 2. The SMILES string of the molecule is COc1ccc(C)cc1NC(=O)CO/N=C\c1ccc(C)cc1. The highest BCUT2D eigenvalue weighted by atomic mass is 16.6. The van der Waals surface area contributed by atoms with Crippen molar-refractivity contribution in [3.8, 4) is 5.75 Å². The van der Waals surface area contributed by atoms with Crippen LogP contribution in [0.25, 0.3) is 0 Å². The number of rotatable bonds is 6. The third-order valence-electron chi connectivity index (χ3n) is 3.18. The maximum atomic E-state index is 11.9. The zero-order chi connectivity index (χ0) is 16.7. The number of carbonyl (C=O) groups is 1. The first kappa shape index (κ1) is 16.5. The fourth-order valence-electron chi connectivity index (χ4n) is 1.95. The molecule has 5 heteroatoms. The summed E-state index contributed by atoms with van der Waals surface area (Å²) in [4.78, 5) is 16.9. The fraction of sp³-hybridized carbons (Fsp3) is 0.222. The van der Waals surface area contributed by atoms with E-state index in [2.05, 4.69) is 10.5 Å². The van der Waals surface area contributed by atoms with Gasteiger partial charge in [0.15, 0.2) is 6.61 Å². The molecule has 0 bridgehead atoms. The summed E-state index contributed by atoms with van der Waals surface area (Å²) in [6.45, 7) is 3.79. The number of hydrogen-bond donors (Lipinski definition) is 1. The number of aryl methyl sites for hydroxylation is 2. The first-order valence-electron chi connectivity index (χ1n) is 7.25. The van der Waals surface area contributed by atoms with E-state index in [1.54, 1.807) is 19.4 Å². The standard InChI is InChI=1S/C18H20N2O3/c1-13-4-7-15(8-5-13)11-19-23-12-18(21)20-16-10-14(2)6-9-17(16)22-3/h4-11H,12H2,1-3H3,(H,20,21)/b19-11-. The highest BCUT2D eigenvalue weighted by Crippen LogP contribution is 2.24. The van der Waals surface area contributed by atoms with Gasteiger partial charge in [0.1, 0.15) is 5.75 Å². The average Bonchev–Trinajstić information content (AvgIpc) is 2.53. The largest absolute Gasteiger partial charge is 0.495 e. The molecule has 0 aromatic heterocycles. The normalized spacial score (nSPS) is 10.6. The van der Waals surface area contributed by atoms with Crippen LogP contribution >= 0.6 is 0 Å². The van der Waals surface area contributed by atoms with Crippen LogP contribution in [-0.4, -0.2) is 25.8 Å². The number of methoxy groups -OCH3 is 1. The number of amides is 1. The third-order valence-corrected chi connectivity index (χ3v) is 3.18. The van der Waals surface area contributed by atoms with Crippen molar-refractivity contribution in [3.05, 3.63) is 59.2 Å². The van der Waals surface area contributed by atoms with E-state index in [1.165, 1.54) is 5.56 Å². The Hall–Kier alpha value is -2.82. The molecule has 1 amide bonds. The molecular weight excluding hydrogens is 292 g/mol. The number of nitrogens with one attached hydrogen (secondary N) is 1. The van der Waals surface area contributed by atoms with Crippen LogP contribution in [0.2, 0.25) is 0 Å². The first-order valence-corrected chi connectivity index (χ1v) is 7.25. The summed E-state index contributed by atoms with van der Waals surface area (Å²) in [6.07, 6.45) is 1.57. The molecule has 120 valence electrons. The lowest BCUT2D eigenvalue weighted by molar-refractivity contribution is -0.120. The quantitative estimate of drug-likeness (QED) is 0.657. The number of anilines is 1. The number of nitrogens with zero attached hydrogens (tertiary/aromatic N) is 1. The minimum Gasteiger partial charge on any atom is -0.495 e. The van der Waals surface area contributed by atoms with Crippen molar-refractivity contribution in [3.63, 3.8) is 0 Å². The van der Waals surface area contributed by atoms with E-state index >= 15 is 0 Å². The number of hydrogen-bond acceptors (Lipinski definition) is 4. The average molecular weight is 312 g/mol. The van der Waals surface area contributed by atoms with Gasteiger partial charge in [0.25, 0.3) is 5.91 Å². The van der Waals surface area contributed by atoms with E-state index in [0.29, 0.717) is 11.4 Å². The van der Waals surface area contributed by atoms with E-state index in [0.717, 1.165) is 11.1 Å². The van der Waals surface area contributed by atoms with Crippen molar-refractivity contribution in [2.45, 2.75) is 13.8 Å². The van der Waals surface area contributed by atoms with Gasteiger partial charge in [0.2, 0.25) is 0 Å². The van der Waals surface area contributed by atoms with Crippen LogP contribution in [0.15, 0.2) is 47.6 Å². The molecule has 2 rings (SSSR count). The number of carbonyl (C=O) groups excluding carboxylic acids is 1. The Morgan fingerprint density at radius 3 is 2.52 bits per heavy atom. The van der Waals surface area contributed by atoms with Crippen molar-refractivity contribution in [2.75, 3.05) is 19.0 Å². The molecule has 0 heterocycles. The van der Waals surface area contributed by atoms with E-state index < -0.39 is 0 Å². The lowest BCUT2D eigenvalue weighted by Crippen LogP contribution is -2.17. The smallest absolute Gasteiger partial charge is 0.265 e. The van der Waals surface area contributed by atoms with Crippen LogP contribution in [0.4, 0.5) is 5.69 Å². The second-order valence-corrected chi connectivity index (χ2v) is 5.17. The number of oxime groups is 1. The van der Waals surface area contributed by atoms with Crippen LogP contribution in [0, 0.1) is 13.8 Å². The highest BCUT2D eigenvalue weighted by Gasteiger charge is 2.08. The molecule has 2 aromatic rings. The predicted octanol–water partition coefficient (Wildman–Crippen LogP) is 3.30. The Bertz CT molecular complexity index is 694. The Balaban J connectivity index is 1.86. The molecule has 0 unspecified atom stereocenters. The van der Waals surface area contributed by atoms with Crippen LogP contribution in [0.1, 0.15) is 16.7 Å². The zero-order valence-electron chi connectivity index (χ0n) is 13.5. The molecule has 0 spiro atoms. The van der Waals surface area contributed by atoms with Gasteiger partial charge in [-0.25, -0.2) is 0 Å². The highest BCUT2D eigenvalue weighted by molar-refractivity contribution is 5.93. The van der Waals surface area contributed by atoms with Gasteiger partial charge in [-0.05, 0) is 37.1 Å². The second-order valence-electron chi connectivity index (χ2n) is 5.17. The lowest BCUT2D eigenvalue weighted by atomic mass is 10.2. The molecule has 0 fully saturated rings. The minimum atomic E-state index is -0.296. The van der Waals surface area contributed by atoms with Gasteiger partial charge >= 0.3 is 0 Å². The van der Waals surface area contributed by atoms with Crippen molar-refractivity contribution in [2.24, 2.45) is 5.16 Å². The molecule has 0 saturated carbocycles. The van der Waals surface area contributed by atoms with Crippen LogP contribution in [-0.2, 0) is 9.63 Å². The summed E-state index contributed by atoms with van der Waals surface area (Å²) < 4.78 is 5.21. The van der Waals surface area contributed by atoms with Crippen molar-refractivity contribution < 1.29 is 14.4 Å². The maximum absolute atomic E-state index is 11.9. The van der Waals surface area contributed by atoms with Gasteiger partial charge in [0.05, 0.1) is 19.0 Å². The maximum Gasteiger partial charge on any atom is 0.265 e. The lowest BCUT2D eigenvalue weighted by Gasteiger charge is -2.10. The van der Waals surface area contributed by atoms with E-state index in [9.17, 15) is 4.79 Å². The molecule has 0 aliphatic carbocycles. The van der Waals surface area contributed by atoms with Gasteiger partial charge < -0.3 is 14.9 Å². The van der Waals surface area contributed by atoms with Crippen molar-refractivity contribution in [1.29, 1.82) is 0 Å². The monoisotopic (exact) mass is 312 g/mol. The van der Waals surface area contributed by atoms with Gasteiger partial charge in [0, 0.05) is 0 Å². The Kier molecular flexibility index (Phi) is 5.74. The Labute approximate surface area is 135 Å². The zero-order valence-corrected chi connectivity index (χ0v) is 13.5. The van der Waals surface area contributed by atoms with Gasteiger partial charge in [-0.2, -0.15) is 0 Å². The predicted molar refractivity (Wildman–Crippen MR) is 91.1 cm³/mol. The molecular formula is C18H20N2O3. The van der Waals surface area contributed by atoms with Crippen molar-refractivity contribution >= 4 is 17.8 Å². The molecule has 0 aliphatic heterocycles. The summed E-state index contributed by atoms with van der Waals surface area (Å²) in [7, 11) is 1.56. The molecule has 2 aromatic carbocycles. The molecule has 1 N–H and O–H groups in total. The van der Waals surface area contributed by atoms with Crippen molar-refractivity contribution in [1.82, 2.24) is 0 Å². The molecule has 5 nitrogen and oxygen atoms in total. The molecule has 0 radical (unpaired) electrons. The third kappa shape index (κ3) is 5.14. The molecule has 23 heavy (non-hydrogen) atoms. The van der Waals surface area contributed by atoms with Crippen LogP contribution < -0.4 is 10.1 Å². The summed E-state index contributed by atoms with van der Waals surface area (Å²) in [5, 5.41) is 6.54. The molecule has 0 aliphatic rings. The van der Waals surface area contributed by atoms with E-state index in [-0.39, 0.29) is 12.5 Å². The van der Waals surface area contributed by atoms with Gasteiger partial charge in [-0.3, -0.25) is 4.79 Å².